The molecule has 0 spiro atoms. The van der Waals surface area contributed by atoms with Gasteiger partial charge in [0.15, 0.2) is 0 Å². The minimum Gasteiger partial charge on any atom is -0.477 e. The number of benzene rings is 1. The number of fused-ring (bicyclic) bond motifs is 1. The fourth-order valence-electron chi connectivity index (χ4n) is 2.47. The van der Waals surface area contributed by atoms with Gasteiger partial charge in [0, 0.05) is 9.77 Å². The predicted molar refractivity (Wildman–Crippen MR) is 79.9 cm³/mol. The normalized spacial score (nSPS) is 15.0. The SMILES string of the molecule is O=C(O)c1ccc(CS(=O)c2ccc3c(c2)CCC3)s1. The molecule has 0 bridgehead atoms. The van der Waals surface area contributed by atoms with Crippen LogP contribution in [0.1, 0.15) is 32.1 Å². The Hall–Kier alpha value is -1.46. The summed E-state index contributed by atoms with van der Waals surface area (Å²) in [6.07, 6.45) is 3.37. The van der Waals surface area contributed by atoms with E-state index in [9.17, 15) is 9.00 Å². The molecule has 1 N–H and O–H groups in total. The predicted octanol–water partition coefficient (Wildman–Crippen LogP) is 3.24. The highest BCUT2D eigenvalue weighted by atomic mass is 32.2. The Kier molecular flexibility index (Phi) is 3.72. The quantitative estimate of drug-likeness (QED) is 0.943. The standard InChI is InChI=1S/C15H14O3S2/c16-15(17)14-7-5-12(19-14)9-20(18)13-6-4-10-2-1-3-11(10)8-13/h4-8H,1-3,9H2,(H,16,17). The first kappa shape index (κ1) is 13.5. The molecule has 0 saturated heterocycles. The van der Waals surface area contributed by atoms with Crippen molar-refractivity contribution in [2.24, 2.45) is 0 Å². The number of thiophene rings is 1. The fourth-order valence-corrected chi connectivity index (χ4v) is 4.69. The van der Waals surface area contributed by atoms with E-state index >= 15 is 0 Å². The van der Waals surface area contributed by atoms with E-state index in [0.717, 1.165) is 22.6 Å². The summed E-state index contributed by atoms with van der Waals surface area (Å²) in [4.78, 5) is 12.8. The van der Waals surface area contributed by atoms with Crippen LogP contribution in [-0.4, -0.2) is 15.3 Å². The molecule has 1 atom stereocenters. The van der Waals surface area contributed by atoms with Crippen LogP contribution in [-0.2, 0) is 29.4 Å². The van der Waals surface area contributed by atoms with E-state index < -0.39 is 16.8 Å². The maximum atomic E-state index is 12.4. The Morgan fingerprint density at radius 1 is 1.20 bits per heavy atom. The van der Waals surface area contributed by atoms with Crippen LogP contribution in [0.5, 0.6) is 0 Å². The third-order valence-electron chi connectivity index (χ3n) is 3.48. The van der Waals surface area contributed by atoms with E-state index in [1.165, 1.54) is 28.9 Å². The van der Waals surface area contributed by atoms with Crippen molar-refractivity contribution in [2.45, 2.75) is 29.9 Å². The van der Waals surface area contributed by atoms with Gasteiger partial charge in [-0.25, -0.2) is 4.79 Å². The molecular weight excluding hydrogens is 292 g/mol. The first-order valence-electron chi connectivity index (χ1n) is 6.45. The van der Waals surface area contributed by atoms with Crippen molar-refractivity contribution in [1.82, 2.24) is 0 Å². The highest BCUT2D eigenvalue weighted by Crippen LogP contribution is 2.26. The largest absolute Gasteiger partial charge is 0.477 e. The molecule has 104 valence electrons. The summed E-state index contributed by atoms with van der Waals surface area (Å²) in [5.41, 5.74) is 2.68. The van der Waals surface area contributed by atoms with Crippen LogP contribution < -0.4 is 0 Å². The Morgan fingerprint density at radius 3 is 2.75 bits per heavy atom. The first-order chi connectivity index (χ1) is 9.63. The second kappa shape index (κ2) is 5.50. The van der Waals surface area contributed by atoms with E-state index in [4.69, 9.17) is 5.11 Å². The van der Waals surface area contributed by atoms with Crippen LogP contribution in [0.15, 0.2) is 35.2 Å². The second-order valence-electron chi connectivity index (χ2n) is 4.85. The third kappa shape index (κ3) is 2.69. The van der Waals surface area contributed by atoms with E-state index in [1.807, 2.05) is 12.1 Å². The zero-order valence-electron chi connectivity index (χ0n) is 10.8. The van der Waals surface area contributed by atoms with Crippen LogP contribution in [0.3, 0.4) is 0 Å². The minimum atomic E-state index is -1.11. The number of hydrogen-bond acceptors (Lipinski definition) is 3. The summed E-state index contributed by atoms with van der Waals surface area (Å²) in [5.74, 6) is -0.541. The summed E-state index contributed by atoms with van der Waals surface area (Å²) < 4.78 is 12.4. The van der Waals surface area contributed by atoms with Crippen LogP contribution in [0.25, 0.3) is 0 Å². The summed E-state index contributed by atoms with van der Waals surface area (Å²) in [6.45, 7) is 0. The van der Waals surface area contributed by atoms with Gasteiger partial charge in [-0.15, -0.1) is 11.3 Å². The maximum Gasteiger partial charge on any atom is 0.345 e. The number of hydrogen-bond donors (Lipinski definition) is 1. The highest BCUT2D eigenvalue weighted by Gasteiger charge is 2.15. The van der Waals surface area contributed by atoms with Crippen LogP contribution in [0.2, 0.25) is 0 Å². The van der Waals surface area contributed by atoms with Gasteiger partial charge in [-0.2, -0.15) is 0 Å². The molecule has 1 heterocycles. The van der Waals surface area contributed by atoms with Crippen LogP contribution in [0.4, 0.5) is 0 Å². The summed E-state index contributed by atoms with van der Waals surface area (Å²) in [6, 6.07) is 9.38. The van der Waals surface area contributed by atoms with Gasteiger partial charge in [-0.3, -0.25) is 4.21 Å². The van der Waals surface area contributed by atoms with Crippen molar-refractivity contribution in [3.8, 4) is 0 Å². The lowest BCUT2D eigenvalue weighted by atomic mass is 10.1. The molecule has 0 aliphatic heterocycles. The van der Waals surface area contributed by atoms with Gasteiger partial charge in [0.25, 0.3) is 0 Å². The van der Waals surface area contributed by atoms with Gasteiger partial charge in [-0.1, -0.05) is 6.07 Å². The molecule has 1 aromatic heterocycles. The Bertz CT molecular complexity index is 688. The van der Waals surface area contributed by atoms with Gasteiger partial charge in [-0.05, 0) is 54.7 Å². The van der Waals surface area contributed by atoms with Crippen molar-refractivity contribution in [3.05, 3.63) is 51.2 Å². The Morgan fingerprint density at radius 2 is 2.00 bits per heavy atom. The molecule has 2 aromatic rings. The van der Waals surface area contributed by atoms with Crippen LogP contribution in [0, 0.1) is 0 Å². The molecule has 1 aliphatic rings. The van der Waals surface area contributed by atoms with Crippen molar-refractivity contribution < 1.29 is 14.1 Å². The number of carbonyl (C=O) groups is 1. The molecule has 5 heteroatoms. The molecule has 20 heavy (non-hydrogen) atoms. The maximum absolute atomic E-state index is 12.4. The molecule has 0 amide bonds. The number of carboxylic acid groups (broad SMARTS) is 1. The molecule has 0 saturated carbocycles. The third-order valence-corrected chi connectivity index (χ3v) is 6.09. The Balaban J connectivity index is 1.77. The van der Waals surface area contributed by atoms with E-state index in [0.29, 0.717) is 10.6 Å². The van der Waals surface area contributed by atoms with E-state index in [1.54, 1.807) is 12.1 Å². The van der Waals surface area contributed by atoms with Crippen molar-refractivity contribution in [2.75, 3.05) is 0 Å². The topological polar surface area (TPSA) is 54.4 Å². The lowest BCUT2D eigenvalue weighted by molar-refractivity contribution is 0.0702. The van der Waals surface area contributed by atoms with Crippen molar-refractivity contribution in [3.63, 3.8) is 0 Å². The molecular formula is C15H14O3S2. The van der Waals surface area contributed by atoms with Gasteiger partial charge in [0.2, 0.25) is 0 Å². The highest BCUT2D eigenvalue weighted by molar-refractivity contribution is 7.84. The Labute approximate surface area is 123 Å². The molecule has 1 unspecified atom stereocenters. The minimum absolute atomic E-state index is 0.297. The average Bonchev–Trinajstić information content (AvgIpc) is 3.05. The first-order valence-corrected chi connectivity index (χ1v) is 8.59. The van der Waals surface area contributed by atoms with Gasteiger partial charge >= 0.3 is 5.97 Å². The molecule has 3 nitrogen and oxygen atoms in total. The second-order valence-corrected chi connectivity index (χ2v) is 7.46. The van der Waals surface area contributed by atoms with Crippen molar-refractivity contribution >= 4 is 28.1 Å². The lowest BCUT2D eigenvalue weighted by Gasteiger charge is -2.04. The molecule has 0 radical (unpaired) electrons. The van der Waals surface area contributed by atoms with Crippen LogP contribution >= 0.6 is 11.3 Å². The monoisotopic (exact) mass is 306 g/mol. The van der Waals surface area contributed by atoms with E-state index in [-0.39, 0.29) is 0 Å². The molecule has 0 fully saturated rings. The summed E-state index contributed by atoms with van der Waals surface area (Å²) in [5, 5.41) is 8.89. The summed E-state index contributed by atoms with van der Waals surface area (Å²) in [7, 11) is -1.11. The smallest absolute Gasteiger partial charge is 0.345 e. The fraction of sp³-hybridized carbons (Fsp3) is 0.267. The summed E-state index contributed by atoms with van der Waals surface area (Å²) >= 11 is 1.20. The van der Waals surface area contributed by atoms with Gasteiger partial charge in [0.05, 0.1) is 16.6 Å². The van der Waals surface area contributed by atoms with E-state index in [2.05, 4.69) is 6.07 Å². The van der Waals surface area contributed by atoms with Gasteiger partial charge < -0.3 is 5.11 Å². The zero-order valence-corrected chi connectivity index (χ0v) is 12.4. The zero-order chi connectivity index (χ0) is 14.1. The molecule has 1 aromatic carbocycles. The molecule has 1 aliphatic carbocycles. The number of carboxylic acids is 1. The van der Waals surface area contributed by atoms with Gasteiger partial charge in [0.1, 0.15) is 4.88 Å². The number of aromatic carboxylic acids is 1. The van der Waals surface area contributed by atoms with Crippen molar-refractivity contribution in [1.29, 1.82) is 0 Å². The average molecular weight is 306 g/mol. The number of aryl methyl sites for hydroxylation is 2. The lowest BCUT2D eigenvalue weighted by Crippen LogP contribution is -1.96. The molecule has 3 rings (SSSR count). The number of rotatable bonds is 4.